The van der Waals surface area contributed by atoms with Crippen LogP contribution in [0.1, 0.15) is 21.3 Å². The summed E-state index contributed by atoms with van der Waals surface area (Å²) in [5, 5.41) is 6.94. The maximum absolute atomic E-state index is 11.1. The fraction of sp³-hybridized carbons (Fsp3) is 0.333. The molecule has 0 saturated carbocycles. The summed E-state index contributed by atoms with van der Waals surface area (Å²) in [6, 6.07) is 0. The summed E-state index contributed by atoms with van der Waals surface area (Å²) in [7, 11) is 1.30. The first-order valence-electron chi connectivity index (χ1n) is 4.58. The molecule has 2 rings (SSSR count). The molecule has 0 aliphatic heterocycles. The third kappa shape index (κ3) is 2.25. The van der Waals surface area contributed by atoms with Crippen LogP contribution in [0.15, 0.2) is 11.7 Å². The zero-order chi connectivity index (χ0) is 11.5. The Hall–Kier alpha value is -1.76. The summed E-state index contributed by atoms with van der Waals surface area (Å²) in [6.07, 6.45) is 1.49. The number of hydrogen-bond acceptors (Lipinski definition) is 6. The molecule has 0 saturated heterocycles. The SMILES string of the molecule is COC(=O)c1ncn(Cc2csc(C)n2)n1. The molecule has 0 amide bonds. The summed E-state index contributed by atoms with van der Waals surface area (Å²) in [5.41, 5.74) is 0.906. The van der Waals surface area contributed by atoms with E-state index in [4.69, 9.17) is 0 Å². The van der Waals surface area contributed by atoms with E-state index in [1.54, 1.807) is 16.0 Å². The van der Waals surface area contributed by atoms with Crippen molar-refractivity contribution in [1.29, 1.82) is 0 Å². The molecule has 0 spiro atoms. The lowest BCUT2D eigenvalue weighted by molar-refractivity contribution is 0.0586. The van der Waals surface area contributed by atoms with Crippen LogP contribution in [0.5, 0.6) is 0 Å². The molecule has 0 bridgehead atoms. The van der Waals surface area contributed by atoms with Crippen molar-refractivity contribution >= 4 is 17.3 Å². The van der Waals surface area contributed by atoms with Gasteiger partial charge in [0.25, 0.3) is 5.82 Å². The quantitative estimate of drug-likeness (QED) is 0.742. The summed E-state index contributed by atoms with van der Waals surface area (Å²) in [6.45, 7) is 2.45. The molecule has 16 heavy (non-hydrogen) atoms. The first kappa shape index (κ1) is 10.7. The molecule has 0 aliphatic rings. The molecule has 2 aromatic rings. The zero-order valence-electron chi connectivity index (χ0n) is 8.88. The van der Waals surface area contributed by atoms with Crippen molar-refractivity contribution in [3.05, 3.63) is 28.2 Å². The highest BCUT2D eigenvalue weighted by Crippen LogP contribution is 2.08. The number of methoxy groups -OCH3 is 1. The lowest BCUT2D eigenvalue weighted by Gasteiger charge is -1.95. The van der Waals surface area contributed by atoms with Gasteiger partial charge in [-0.25, -0.2) is 19.4 Å². The number of hydrogen-bond donors (Lipinski definition) is 0. The van der Waals surface area contributed by atoms with Crippen LogP contribution in [-0.2, 0) is 11.3 Å². The Kier molecular flexibility index (Phi) is 2.95. The Bertz CT molecular complexity index is 505. The molecular weight excluding hydrogens is 228 g/mol. The fourth-order valence-corrected chi connectivity index (χ4v) is 1.81. The summed E-state index contributed by atoms with van der Waals surface area (Å²) in [4.78, 5) is 19.2. The van der Waals surface area contributed by atoms with E-state index in [2.05, 4.69) is 19.8 Å². The molecule has 0 aromatic carbocycles. The van der Waals surface area contributed by atoms with Gasteiger partial charge in [0, 0.05) is 5.38 Å². The summed E-state index contributed by atoms with van der Waals surface area (Å²) < 4.78 is 6.07. The number of esters is 1. The smallest absolute Gasteiger partial charge is 0.377 e. The molecule has 0 unspecified atom stereocenters. The third-order valence-corrected chi connectivity index (χ3v) is 2.72. The Balaban J connectivity index is 2.11. The minimum absolute atomic E-state index is 0.0643. The maximum Gasteiger partial charge on any atom is 0.377 e. The van der Waals surface area contributed by atoms with Gasteiger partial charge in [0.1, 0.15) is 6.33 Å². The molecule has 0 aliphatic carbocycles. The van der Waals surface area contributed by atoms with Crippen LogP contribution >= 0.6 is 11.3 Å². The Labute approximate surface area is 95.9 Å². The minimum Gasteiger partial charge on any atom is -0.463 e. The highest BCUT2D eigenvalue weighted by atomic mass is 32.1. The van der Waals surface area contributed by atoms with Crippen molar-refractivity contribution in [2.75, 3.05) is 7.11 Å². The van der Waals surface area contributed by atoms with Gasteiger partial charge >= 0.3 is 5.97 Å². The van der Waals surface area contributed by atoms with E-state index in [0.29, 0.717) is 6.54 Å². The lowest BCUT2D eigenvalue weighted by atomic mass is 10.5. The van der Waals surface area contributed by atoms with Gasteiger partial charge in [-0.1, -0.05) is 0 Å². The predicted molar refractivity (Wildman–Crippen MR) is 57.3 cm³/mol. The summed E-state index contributed by atoms with van der Waals surface area (Å²) in [5.74, 6) is -0.470. The van der Waals surface area contributed by atoms with Gasteiger partial charge in [-0.05, 0) is 6.92 Å². The van der Waals surface area contributed by atoms with Crippen LogP contribution in [0.2, 0.25) is 0 Å². The van der Waals surface area contributed by atoms with Crippen molar-refractivity contribution in [3.8, 4) is 0 Å². The monoisotopic (exact) mass is 238 g/mol. The van der Waals surface area contributed by atoms with Crippen molar-refractivity contribution in [3.63, 3.8) is 0 Å². The molecule has 0 radical (unpaired) electrons. The number of nitrogens with zero attached hydrogens (tertiary/aromatic N) is 4. The third-order valence-electron chi connectivity index (χ3n) is 1.90. The van der Waals surface area contributed by atoms with Crippen LogP contribution in [-0.4, -0.2) is 32.8 Å². The van der Waals surface area contributed by atoms with E-state index in [9.17, 15) is 4.79 Å². The number of ether oxygens (including phenoxy) is 1. The van der Waals surface area contributed by atoms with Crippen LogP contribution in [0, 0.1) is 6.92 Å². The van der Waals surface area contributed by atoms with Crippen LogP contribution in [0.4, 0.5) is 0 Å². The average molecular weight is 238 g/mol. The van der Waals surface area contributed by atoms with E-state index in [-0.39, 0.29) is 5.82 Å². The fourth-order valence-electron chi connectivity index (χ4n) is 1.20. The number of carbonyl (C=O) groups is 1. The second-order valence-electron chi connectivity index (χ2n) is 3.12. The van der Waals surface area contributed by atoms with Crippen LogP contribution in [0.3, 0.4) is 0 Å². The molecular formula is C9H10N4O2S. The van der Waals surface area contributed by atoms with Crippen molar-refractivity contribution in [2.24, 2.45) is 0 Å². The largest absolute Gasteiger partial charge is 0.463 e. The van der Waals surface area contributed by atoms with E-state index in [0.717, 1.165) is 10.7 Å². The van der Waals surface area contributed by atoms with E-state index in [1.165, 1.54) is 13.4 Å². The molecule has 2 aromatic heterocycles. The highest BCUT2D eigenvalue weighted by Gasteiger charge is 2.11. The second-order valence-corrected chi connectivity index (χ2v) is 4.18. The topological polar surface area (TPSA) is 69.9 Å². The average Bonchev–Trinajstić information content (AvgIpc) is 2.87. The van der Waals surface area contributed by atoms with E-state index < -0.39 is 5.97 Å². The molecule has 0 fully saturated rings. The van der Waals surface area contributed by atoms with Crippen LogP contribution < -0.4 is 0 Å². The van der Waals surface area contributed by atoms with E-state index >= 15 is 0 Å². The normalized spacial score (nSPS) is 10.4. The van der Waals surface area contributed by atoms with Gasteiger partial charge in [0.15, 0.2) is 0 Å². The zero-order valence-corrected chi connectivity index (χ0v) is 9.69. The maximum atomic E-state index is 11.1. The molecule has 2 heterocycles. The second kappa shape index (κ2) is 4.40. The Morgan fingerprint density at radius 3 is 3.06 bits per heavy atom. The molecule has 0 atom stereocenters. The number of carbonyl (C=O) groups excluding carboxylic acids is 1. The lowest BCUT2D eigenvalue weighted by Crippen LogP contribution is -2.06. The van der Waals surface area contributed by atoms with Gasteiger partial charge in [-0.15, -0.1) is 16.4 Å². The molecule has 0 N–H and O–H groups in total. The van der Waals surface area contributed by atoms with Crippen molar-refractivity contribution in [1.82, 2.24) is 19.7 Å². The first-order chi connectivity index (χ1) is 7.69. The predicted octanol–water partition coefficient (Wildman–Crippen LogP) is 0.878. The van der Waals surface area contributed by atoms with Crippen molar-refractivity contribution in [2.45, 2.75) is 13.5 Å². The number of rotatable bonds is 3. The van der Waals surface area contributed by atoms with Crippen LogP contribution in [0.25, 0.3) is 0 Å². The van der Waals surface area contributed by atoms with Crippen molar-refractivity contribution < 1.29 is 9.53 Å². The van der Waals surface area contributed by atoms with Gasteiger partial charge in [-0.2, -0.15) is 0 Å². The standard InChI is InChI=1S/C9H10N4O2S/c1-6-11-7(4-16-6)3-13-5-10-8(12-13)9(14)15-2/h4-5H,3H2,1-2H3. The Morgan fingerprint density at radius 2 is 2.44 bits per heavy atom. The van der Waals surface area contributed by atoms with Gasteiger partial charge in [0.2, 0.25) is 0 Å². The Morgan fingerprint density at radius 1 is 1.62 bits per heavy atom. The molecule has 6 nitrogen and oxygen atoms in total. The molecule has 7 heteroatoms. The van der Waals surface area contributed by atoms with Gasteiger partial charge in [-0.3, -0.25) is 0 Å². The van der Waals surface area contributed by atoms with Gasteiger partial charge in [0.05, 0.1) is 24.4 Å². The number of aryl methyl sites for hydroxylation is 1. The number of thiazole rings is 1. The highest BCUT2D eigenvalue weighted by molar-refractivity contribution is 7.09. The van der Waals surface area contributed by atoms with Gasteiger partial charge < -0.3 is 4.74 Å². The number of aromatic nitrogens is 4. The molecule has 84 valence electrons. The first-order valence-corrected chi connectivity index (χ1v) is 5.46. The minimum atomic E-state index is -0.534. The summed E-state index contributed by atoms with van der Waals surface area (Å²) >= 11 is 1.58. The van der Waals surface area contributed by atoms with E-state index in [1.807, 2.05) is 12.3 Å².